The molecule has 1 aliphatic rings. The molecule has 0 amide bonds. The summed E-state index contributed by atoms with van der Waals surface area (Å²) in [6, 6.07) is 2.11. The lowest BCUT2D eigenvalue weighted by Crippen LogP contribution is -2.38. The number of furan rings is 1. The second kappa shape index (κ2) is 5.23. The summed E-state index contributed by atoms with van der Waals surface area (Å²) < 4.78 is 5.61. The number of nitrogens with two attached hydrogens (primary N) is 1. The summed E-state index contributed by atoms with van der Waals surface area (Å²) in [6.45, 7) is 10.6. The molecule has 0 spiro atoms. The van der Waals surface area contributed by atoms with Crippen LogP contribution < -0.4 is 5.73 Å². The van der Waals surface area contributed by atoms with E-state index in [9.17, 15) is 0 Å². The average molecular weight is 236 g/mol. The van der Waals surface area contributed by atoms with Crippen LogP contribution in [0.15, 0.2) is 10.5 Å². The second-order valence-corrected chi connectivity index (χ2v) is 5.64. The summed E-state index contributed by atoms with van der Waals surface area (Å²) in [5, 5.41) is 0. The van der Waals surface area contributed by atoms with Crippen molar-refractivity contribution in [3.05, 3.63) is 23.2 Å². The summed E-state index contributed by atoms with van der Waals surface area (Å²) in [7, 11) is 0. The molecule has 3 heteroatoms. The minimum atomic E-state index is 0.494. The predicted octanol–water partition coefficient (Wildman–Crippen LogP) is 2.52. The highest BCUT2D eigenvalue weighted by Gasteiger charge is 2.22. The van der Waals surface area contributed by atoms with Crippen molar-refractivity contribution in [1.82, 2.24) is 4.90 Å². The third kappa shape index (κ3) is 3.11. The molecule has 0 aromatic carbocycles. The summed E-state index contributed by atoms with van der Waals surface area (Å²) in [5.41, 5.74) is 6.90. The Hall–Kier alpha value is -0.800. The first kappa shape index (κ1) is 12.7. The standard InChI is InChI=1S/C14H24N2O/c1-10-4-11(2)8-16(7-10)9-13-5-14(6-15)17-12(13)3/h5,10-11H,4,6-9,15H2,1-3H3. The Bertz CT molecular complexity index is 362. The molecule has 0 aliphatic carbocycles. The van der Waals surface area contributed by atoms with Crippen LogP contribution in [0.4, 0.5) is 0 Å². The smallest absolute Gasteiger partial charge is 0.118 e. The maximum Gasteiger partial charge on any atom is 0.118 e. The quantitative estimate of drug-likeness (QED) is 0.877. The van der Waals surface area contributed by atoms with Crippen LogP contribution in [0.5, 0.6) is 0 Å². The molecule has 1 fully saturated rings. The molecular formula is C14H24N2O. The zero-order valence-electron chi connectivity index (χ0n) is 11.2. The van der Waals surface area contributed by atoms with Gasteiger partial charge in [0, 0.05) is 25.2 Å². The van der Waals surface area contributed by atoms with E-state index in [1.54, 1.807) is 0 Å². The van der Waals surface area contributed by atoms with Crippen LogP contribution in [0.1, 0.15) is 37.4 Å². The van der Waals surface area contributed by atoms with E-state index < -0.39 is 0 Å². The first-order valence-electron chi connectivity index (χ1n) is 6.59. The van der Waals surface area contributed by atoms with Gasteiger partial charge in [-0.05, 0) is 31.2 Å². The van der Waals surface area contributed by atoms with Crippen molar-refractivity contribution in [3.8, 4) is 0 Å². The van der Waals surface area contributed by atoms with Gasteiger partial charge in [0.15, 0.2) is 0 Å². The van der Waals surface area contributed by atoms with Crippen molar-refractivity contribution in [2.45, 2.75) is 40.3 Å². The van der Waals surface area contributed by atoms with E-state index in [1.807, 2.05) is 6.92 Å². The summed E-state index contributed by atoms with van der Waals surface area (Å²) in [5.74, 6) is 3.53. The van der Waals surface area contributed by atoms with Gasteiger partial charge in [-0.15, -0.1) is 0 Å². The average Bonchev–Trinajstić information content (AvgIpc) is 2.58. The lowest BCUT2D eigenvalue weighted by molar-refractivity contribution is 0.134. The lowest BCUT2D eigenvalue weighted by atomic mass is 9.91. The van der Waals surface area contributed by atoms with E-state index in [2.05, 4.69) is 24.8 Å². The van der Waals surface area contributed by atoms with Gasteiger partial charge in [0.1, 0.15) is 11.5 Å². The van der Waals surface area contributed by atoms with E-state index in [1.165, 1.54) is 25.1 Å². The molecule has 1 saturated heterocycles. The molecule has 2 N–H and O–H groups in total. The monoisotopic (exact) mass is 236 g/mol. The van der Waals surface area contributed by atoms with Crippen molar-refractivity contribution < 1.29 is 4.42 Å². The van der Waals surface area contributed by atoms with Crippen LogP contribution in [0.25, 0.3) is 0 Å². The topological polar surface area (TPSA) is 42.4 Å². The minimum absolute atomic E-state index is 0.494. The van der Waals surface area contributed by atoms with Gasteiger partial charge in [-0.2, -0.15) is 0 Å². The Morgan fingerprint density at radius 3 is 2.53 bits per heavy atom. The fourth-order valence-corrected chi connectivity index (χ4v) is 3.01. The summed E-state index contributed by atoms with van der Waals surface area (Å²) in [6.07, 6.45) is 1.36. The van der Waals surface area contributed by atoms with Gasteiger partial charge in [-0.1, -0.05) is 13.8 Å². The minimum Gasteiger partial charge on any atom is -0.465 e. The Morgan fingerprint density at radius 2 is 2.00 bits per heavy atom. The zero-order valence-corrected chi connectivity index (χ0v) is 11.2. The molecule has 0 bridgehead atoms. The van der Waals surface area contributed by atoms with Gasteiger partial charge in [-0.3, -0.25) is 4.90 Å². The van der Waals surface area contributed by atoms with Crippen molar-refractivity contribution in [3.63, 3.8) is 0 Å². The number of likely N-dealkylation sites (tertiary alicyclic amines) is 1. The predicted molar refractivity (Wildman–Crippen MR) is 69.6 cm³/mol. The van der Waals surface area contributed by atoms with Crippen molar-refractivity contribution in [1.29, 1.82) is 0 Å². The highest BCUT2D eigenvalue weighted by molar-refractivity contribution is 5.20. The maximum atomic E-state index is 5.61. The first-order valence-corrected chi connectivity index (χ1v) is 6.59. The largest absolute Gasteiger partial charge is 0.465 e. The number of piperidine rings is 1. The van der Waals surface area contributed by atoms with E-state index in [4.69, 9.17) is 10.2 Å². The van der Waals surface area contributed by atoms with Crippen LogP contribution in [0.2, 0.25) is 0 Å². The Morgan fingerprint density at radius 1 is 1.35 bits per heavy atom. The number of aryl methyl sites for hydroxylation is 1. The first-order chi connectivity index (χ1) is 8.08. The summed E-state index contributed by atoms with van der Waals surface area (Å²) in [4.78, 5) is 2.54. The SMILES string of the molecule is Cc1oc(CN)cc1CN1CC(C)CC(C)C1. The highest BCUT2D eigenvalue weighted by Crippen LogP contribution is 2.24. The fourth-order valence-electron chi connectivity index (χ4n) is 3.01. The van der Waals surface area contributed by atoms with Gasteiger partial charge in [0.25, 0.3) is 0 Å². The van der Waals surface area contributed by atoms with E-state index in [-0.39, 0.29) is 0 Å². The van der Waals surface area contributed by atoms with Crippen LogP contribution in [0, 0.1) is 18.8 Å². The van der Waals surface area contributed by atoms with Crippen LogP contribution in [-0.4, -0.2) is 18.0 Å². The number of hydrogen-bond acceptors (Lipinski definition) is 3. The molecular weight excluding hydrogens is 212 g/mol. The molecule has 17 heavy (non-hydrogen) atoms. The molecule has 2 rings (SSSR count). The van der Waals surface area contributed by atoms with E-state index in [0.717, 1.165) is 29.9 Å². The van der Waals surface area contributed by atoms with Crippen LogP contribution in [0.3, 0.4) is 0 Å². The molecule has 3 nitrogen and oxygen atoms in total. The van der Waals surface area contributed by atoms with Crippen LogP contribution >= 0.6 is 0 Å². The fraction of sp³-hybridized carbons (Fsp3) is 0.714. The van der Waals surface area contributed by atoms with Gasteiger partial charge in [0.2, 0.25) is 0 Å². The molecule has 2 unspecified atom stereocenters. The molecule has 1 aromatic rings. The number of rotatable bonds is 3. The van der Waals surface area contributed by atoms with Gasteiger partial charge in [-0.25, -0.2) is 0 Å². The van der Waals surface area contributed by atoms with E-state index >= 15 is 0 Å². The third-order valence-corrected chi connectivity index (χ3v) is 3.61. The maximum absolute atomic E-state index is 5.61. The molecule has 1 aliphatic heterocycles. The molecule has 2 heterocycles. The Balaban J connectivity index is 2.01. The van der Waals surface area contributed by atoms with Gasteiger partial charge < -0.3 is 10.2 Å². The molecule has 1 aromatic heterocycles. The molecule has 0 saturated carbocycles. The normalized spacial score (nSPS) is 26.4. The third-order valence-electron chi connectivity index (χ3n) is 3.61. The molecule has 96 valence electrons. The summed E-state index contributed by atoms with van der Waals surface area (Å²) >= 11 is 0. The van der Waals surface area contributed by atoms with Crippen molar-refractivity contribution in [2.75, 3.05) is 13.1 Å². The van der Waals surface area contributed by atoms with Gasteiger partial charge >= 0.3 is 0 Å². The van der Waals surface area contributed by atoms with Gasteiger partial charge in [0.05, 0.1) is 6.54 Å². The molecule has 2 atom stereocenters. The Labute approximate surface area is 104 Å². The van der Waals surface area contributed by atoms with Crippen molar-refractivity contribution >= 4 is 0 Å². The highest BCUT2D eigenvalue weighted by atomic mass is 16.3. The molecule has 0 radical (unpaired) electrons. The van der Waals surface area contributed by atoms with E-state index in [0.29, 0.717) is 6.54 Å². The van der Waals surface area contributed by atoms with Crippen LogP contribution in [-0.2, 0) is 13.1 Å². The second-order valence-electron chi connectivity index (χ2n) is 5.64. The lowest BCUT2D eigenvalue weighted by Gasteiger charge is -2.34. The number of nitrogens with zero attached hydrogens (tertiary/aromatic N) is 1. The number of hydrogen-bond donors (Lipinski definition) is 1. The Kier molecular flexibility index (Phi) is 3.89. The van der Waals surface area contributed by atoms with Crippen molar-refractivity contribution in [2.24, 2.45) is 17.6 Å². The zero-order chi connectivity index (χ0) is 12.4.